The lowest BCUT2D eigenvalue weighted by Gasteiger charge is -2.03. The van der Waals surface area contributed by atoms with E-state index in [2.05, 4.69) is 9.58 Å². The Morgan fingerprint density at radius 1 is 1.57 bits per heavy atom. The van der Waals surface area contributed by atoms with Crippen LogP contribution >= 0.6 is 0 Å². The van der Waals surface area contributed by atoms with E-state index in [9.17, 15) is 4.79 Å². The normalized spacial score (nSPS) is 11.5. The molecule has 0 aliphatic heterocycles. The monoisotopic (exact) mass is 189 g/mol. The third-order valence-electron chi connectivity index (χ3n) is 1.91. The predicted molar refractivity (Wildman–Crippen MR) is 52.5 cm³/mol. The van der Waals surface area contributed by atoms with Crippen LogP contribution < -0.4 is 0 Å². The third kappa shape index (κ3) is 2.11. The van der Waals surface area contributed by atoms with Gasteiger partial charge in [-0.2, -0.15) is 0 Å². The van der Waals surface area contributed by atoms with Gasteiger partial charge in [-0.25, -0.2) is 11.4 Å². The second-order valence-electron chi connectivity index (χ2n) is 2.97. The van der Waals surface area contributed by atoms with Crippen LogP contribution in [-0.4, -0.2) is 13.1 Å². The van der Waals surface area contributed by atoms with Crippen LogP contribution in [0.3, 0.4) is 0 Å². The Labute approximate surface area is 83.1 Å². The average molecular weight is 189 g/mol. The lowest BCUT2D eigenvalue weighted by Crippen LogP contribution is -2.10. The highest BCUT2D eigenvalue weighted by molar-refractivity contribution is 5.79. The first-order chi connectivity index (χ1) is 6.69. The largest absolute Gasteiger partial charge is 0.463 e. The highest BCUT2D eigenvalue weighted by Crippen LogP contribution is 2.19. The number of carbonyl (C=O) groups excluding carboxylic acids is 1. The predicted octanol–water partition coefficient (Wildman–Crippen LogP) is 2.13. The number of methoxy groups -OCH3 is 1. The molecule has 0 radical (unpaired) electrons. The zero-order chi connectivity index (χ0) is 10.6. The van der Waals surface area contributed by atoms with Gasteiger partial charge in [0.05, 0.1) is 7.11 Å². The van der Waals surface area contributed by atoms with Crippen LogP contribution in [0.15, 0.2) is 24.3 Å². The van der Waals surface area contributed by atoms with Gasteiger partial charge in [-0.1, -0.05) is 23.8 Å². The van der Waals surface area contributed by atoms with Gasteiger partial charge in [0, 0.05) is 5.56 Å². The smallest absolute Gasteiger partial charge is 0.395 e. The number of hydrogen-bond donors (Lipinski definition) is 0. The van der Waals surface area contributed by atoms with Gasteiger partial charge in [0.2, 0.25) is 0 Å². The summed E-state index contributed by atoms with van der Waals surface area (Å²) in [7, 11) is 1.29. The molecule has 1 aromatic carbocycles. The van der Waals surface area contributed by atoms with E-state index in [4.69, 9.17) is 6.57 Å². The minimum atomic E-state index is -0.833. The molecule has 72 valence electrons. The number of ether oxygens (including phenoxy) is 1. The van der Waals surface area contributed by atoms with Crippen molar-refractivity contribution in [1.29, 1.82) is 0 Å². The van der Waals surface area contributed by atoms with E-state index < -0.39 is 12.0 Å². The fourth-order valence-corrected chi connectivity index (χ4v) is 1.22. The van der Waals surface area contributed by atoms with E-state index in [0.29, 0.717) is 5.56 Å². The molecule has 0 bridgehead atoms. The zero-order valence-electron chi connectivity index (χ0n) is 8.15. The van der Waals surface area contributed by atoms with Crippen molar-refractivity contribution in [2.45, 2.75) is 13.0 Å². The molecular weight excluding hydrogens is 178 g/mol. The lowest BCUT2D eigenvalue weighted by atomic mass is 10.1. The first-order valence-corrected chi connectivity index (χ1v) is 4.20. The van der Waals surface area contributed by atoms with Crippen molar-refractivity contribution < 1.29 is 9.53 Å². The Balaban J connectivity index is 3.02. The second kappa shape index (κ2) is 4.43. The average Bonchev–Trinajstić information content (AvgIpc) is 2.19. The van der Waals surface area contributed by atoms with Gasteiger partial charge >= 0.3 is 12.0 Å². The van der Waals surface area contributed by atoms with Crippen LogP contribution in [-0.2, 0) is 9.53 Å². The topological polar surface area (TPSA) is 30.7 Å². The number of rotatable bonds is 2. The molecule has 0 fully saturated rings. The van der Waals surface area contributed by atoms with Crippen molar-refractivity contribution in [3.8, 4) is 0 Å². The quantitative estimate of drug-likeness (QED) is 0.527. The molecule has 0 aliphatic carbocycles. The van der Waals surface area contributed by atoms with Gasteiger partial charge in [-0.3, -0.25) is 4.85 Å². The summed E-state index contributed by atoms with van der Waals surface area (Å²) in [6, 6.07) is 6.49. The summed E-state index contributed by atoms with van der Waals surface area (Å²) in [4.78, 5) is 14.5. The third-order valence-corrected chi connectivity index (χ3v) is 1.91. The molecule has 0 aliphatic rings. The van der Waals surface area contributed by atoms with Gasteiger partial charge < -0.3 is 4.74 Å². The molecule has 0 spiro atoms. The minimum absolute atomic E-state index is 0.509. The van der Waals surface area contributed by atoms with E-state index in [1.54, 1.807) is 6.07 Å². The molecule has 1 aromatic rings. The summed E-state index contributed by atoms with van der Waals surface area (Å²) < 4.78 is 4.54. The van der Waals surface area contributed by atoms with E-state index in [1.807, 2.05) is 25.1 Å². The maximum absolute atomic E-state index is 11.2. The molecule has 0 amide bonds. The van der Waals surface area contributed by atoms with E-state index in [0.717, 1.165) is 5.56 Å². The summed E-state index contributed by atoms with van der Waals surface area (Å²) in [5.41, 5.74) is 1.71. The molecule has 14 heavy (non-hydrogen) atoms. The molecule has 1 rings (SSSR count). The summed E-state index contributed by atoms with van der Waals surface area (Å²) in [6.07, 6.45) is 0. The van der Waals surface area contributed by atoms with Crippen molar-refractivity contribution in [3.63, 3.8) is 0 Å². The van der Waals surface area contributed by atoms with Gasteiger partial charge in [-0.05, 0) is 13.0 Å². The molecular formula is C11H11NO2. The van der Waals surface area contributed by atoms with Crippen molar-refractivity contribution in [3.05, 3.63) is 46.8 Å². The van der Waals surface area contributed by atoms with E-state index >= 15 is 0 Å². The number of benzene rings is 1. The first kappa shape index (κ1) is 10.3. The molecule has 1 unspecified atom stereocenters. The van der Waals surface area contributed by atoms with Crippen LogP contribution in [0, 0.1) is 13.5 Å². The van der Waals surface area contributed by atoms with Gasteiger partial charge in [0.15, 0.2) is 0 Å². The van der Waals surface area contributed by atoms with E-state index in [-0.39, 0.29) is 0 Å². The van der Waals surface area contributed by atoms with Crippen LogP contribution in [0.2, 0.25) is 0 Å². The molecule has 0 saturated heterocycles. The molecule has 0 heterocycles. The van der Waals surface area contributed by atoms with Crippen LogP contribution in [0.25, 0.3) is 4.85 Å². The molecule has 0 aromatic heterocycles. The molecule has 1 atom stereocenters. The van der Waals surface area contributed by atoms with Crippen LogP contribution in [0.5, 0.6) is 0 Å². The fourth-order valence-electron chi connectivity index (χ4n) is 1.22. The second-order valence-corrected chi connectivity index (χ2v) is 2.97. The number of esters is 1. The molecule has 0 saturated carbocycles. The molecule has 3 heteroatoms. The summed E-state index contributed by atoms with van der Waals surface area (Å²) in [5, 5.41) is 0. The SMILES string of the molecule is [C-]#[N+]C(C(=O)OC)c1cccc(C)c1. The Bertz CT molecular complexity index is 379. The Morgan fingerprint density at radius 2 is 2.29 bits per heavy atom. The Hall–Kier alpha value is -1.82. The van der Waals surface area contributed by atoms with Gasteiger partial charge in [0.25, 0.3) is 0 Å². The van der Waals surface area contributed by atoms with Crippen LogP contribution in [0.4, 0.5) is 0 Å². The minimum Gasteiger partial charge on any atom is -0.463 e. The number of aryl methyl sites for hydroxylation is 1. The lowest BCUT2D eigenvalue weighted by molar-refractivity contribution is -0.141. The fraction of sp³-hybridized carbons (Fsp3) is 0.273. The Kier molecular flexibility index (Phi) is 3.24. The number of nitrogens with zero attached hydrogens (tertiary/aromatic N) is 1. The van der Waals surface area contributed by atoms with Gasteiger partial charge in [0.1, 0.15) is 0 Å². The molecule has 3 nitrogen and oxygen atoms in total. The zero-order valence-corrected chi connectivity index (χ0v) is 8.15. The maximum atomic E-state index is 11.2. The van der Waals surface area contributed by atoms with Crippen molar-refractivity contribution in [2.24, 2.45) is 0 Å². The maximum Gasteiger partial charge on any atom is 0.395 e. The highest BCUT2D eigenvalue weighted by Gasteiger charge is 2.26. The Morgan fingerprint density at radius 3 is 2.79 bits per heavy atom. The number of hydrogen-bond acceptors (Lipinski definition) is 2. The molecule has 0 N–H and O–H groups in total. The van der Waals surface area contributed by atoms with Gasteiger partial charge in [-0.15, -0.1) is 0 Å². The van der Waals surface area contributed by atoms with Crippen LogP contribution in [0.1, 0.15) is 17.2 Å². The number of carbonyl (C=O) groups is 1. The summed E-state index contributed by atoms with van der Waals surface area (Å²) in [6.45, 7) is 8.84. The first-order valence-electron chi connectivity index (χ1n) is 4.20. The van der Waals surface area contributed by atoms with Crippen molar-refractivity contribution in [2.75, 3.05) is 7.11 Å². The highest BCUT2D eigenvalue weighted by atomic mass is 16.5. The van der Waals surface area contributed by atoms with Crippen molar-refractivity contribution in [1.82, 2.24) is 0 Å². The standard InChI is InChI=1S/C11H11NO2/c1-8-5-4-6-9(7-8)10(12-2)11(13)14-3/h4-7,10H,1,3H3. The van der Waals surface area contributed by atoms with E-state index in [1.165, 1.54) is 7.11 Å². The van der Waals surface area contributed by atoms with Crippen molar-refractivity contribution >= 4 is 5.97 Å². The summed E-state index contributed by atoms with van der Waals surface area (Å²) >= 11 is 0. The summed E-state index contributed by atoms with van der Waals surface area (Å²) in [5.74, 6) is -0.509.